The van der Waals surface area contributed by atoms with Crippen molar-refractivity contribution in [3.05, 3.63) is 0 Å². The Morgan fingerprint density at radius 3 is 2.73 bits per heavy atom. The SMILES string of the molecule is CC(C)COc1nsnc1N1CCCC1. The molecule has 2 rings (SSSR count). The van der Waals surface area contributed by atoms with Crippen molar-refractivity contribution < 1.29 is 4.74 Å². The molecule has 5 heteroatoms. The van der Waals surface area contributed by atoms with Gasteiger partial charge in [0.15, 0.2) is 0 Å². The molecule has 0 N–H and O–H groups in total. The predicted octanol–water partition coefficient (Wildman–Crippen LogP) is 2.17. The first kappa shape index (κ1) is 10.7. The first-order valence-electron chi connectivity index (χ1n) is 5.47. The molecule has 1 aromatic heterocycles. The molecule has 0 amide bonds. The van der Waals surface area contributed by atoms with Gasteiger partial charge in [-0.2, -0.15) is 4.37 Å². The molecule has 2 heterocycles. The minimum absolute atomic E-state index is 0.526. The number of ether oxygens (including phenoxy) is 1. The molecule has 0 bridgehead atoms. The van der Waals surface area contributed by atoms with Crippen LogP contribution in [-0.2, 0) is 0 Å². The van der Waals surface area contributed by atoms with Crippen LogP contribution in [0.4, 0.5) is 5.82 Å². The molecule has 0 spiro atoms. The van der Waals surface area contributed by atoms with Crippen molar-refractivity contribution in [1.29, 1.82) is 0 Å². The topological polar surface area (TPSA) is 38.3 Å². The third kappa shape index (κ3) is 2.59. The Kier molecular flexibility index (Phi) is 3.41. The molecule has 4 nitrogen and oxygen atoms in total. The molecule has 0 aliphatic carbocycles. The van der Waals surface area contributed by atoms with Crippen LogP contribution in [0.2, 0.25) is 0 Å². The van der Waals surface area contributed by atoms with Gasteiger partial charge in [0.25, 0.3) is 5.88 Å². The zero-order valence-electron chi connectivity index (χ0n) is 9.27. The lowest BCUT2D eigenvalue weighted by atomic mass is 10.2. The van der Waals surface area contributed by atoms with E-state index in [0.29, 0.717) is 12.5 Å². The summed E-state index contributed by atoms with van der Waals surface area (Å²) in [6.07, 6.45) is 2.50. The van der Waals surface area contributed by atoms with Gasteiger partial charge in [-0.3, -0.25) is 0 Å². The predicted molar refractivity (Wildman–Crippen MR) is 61.7 cm³/mol. The van der Waals surface area contributed by atoms with Gasteiger partial charge in [-0.05, 0) is 18.8 Å². The van der Waals surface area contributed by atoms with Gasteiger partial charge in [-0.15, -0.1) is 4.37 Å². The monoisotopic (exact) mass is 227 g/mol. The number of rotatable bonds is 4. The molecule has 15 heavy (non-hydrogen) atoms. The number of hydrogen-bond donors (Lipinski definition) is 0. The lowest BCUT2D eigenvalue weighted by Crippen LogP contribution is -2.19. The Labute approximate surface area is 94.6 Å². The van der Waals surface area contributed by atoms with Crippen LogP contribution in [0.1, 0.15) is 26.7 Å². The molecular weight excluding hydrogens is 210 g/mol. The van der Waals surface area contributed by atoms with Crippen LogP contribution in [0.15, 0.2) is 0 Å². The van der Waals surface area contributed by atoms with E-state index in [0.717, 1.165) is 24.8 Å². The van der Waals surface area contributed by atoms with Crippen molar-refractivity contribution in [3.8, 4) is 5.88 Å². The molecule has 1 aliphatic heterocycles. The third-order valence-electron chi connectivity index (χ3n) is 2.40. The van der Waals surface area contributed by atoms with Gasteiger partial charge in [0.05, 0.1) is 18.3 Å². The number of anilines is 1. The summed E-state index contributed by atoms with van der Waals surface area (Å²) in [7, 11) is 0. The lowest BCUT2D eigenvalue weighted by Gasteiger charge is -2.15. The normalized spacial score (nSPS) is 16.3. The van der Waals surface area contributed by atoms with Gasteiger partial charge in [0, 0.05) is 13.1 Å². The molecule has 0 aromatic carbocycles. The number of hydrogen-bond acceptors (Lipinski definition) is 5. The standard InChI is InChI=1S/C10H17N3OS/c1-8(2)7-14-10-9(11-15-12-10)13-5-3-4-6-13/h8H,3-7H2,1-2H3. The minimum Gasteiger partial charge on any atom is -0.474 e. The van der Waals surface area contributed by atoms with Crippen LogP contribution in [0.25, 0.3) is 0 Å². The van der Waals surface area contributed by atoms with E-state index in [1.54, 1.807) is 0 Å². The highest BCUT2D eigenvalue weighted by Crippen LogP contribution is 2.28. The Morgan fingerprint density at radius 2 is 2.07 bits per heavy atom. The lowest BCUT2D eigenvalue weighted by molar-refractivity contribution is 0.264. The van der Waals surface area contributed by atoms with Crippen LogP contribution >= 0.6 is 11.7 Å². The average molecular weight is 227 g/mol. The summed E-state index contributed by atoms with van der Waals surface area (Å²) in [5.74, 6) is 2.19. The summed E-state index contributed by atoms with van der Waals surface area (Å²) >= 11 is 1.24. The van der Waals surface area contributed by atoms with E-state index in [1.807, 2.05) is 0 Å². The van der Waals surface area contributed by atoms with E-state index >= 15 is 0 Å². The Bertz CT molecular complexity index is 307. The van der Waals surface area contributed by atoms with E-state index in [-0.39, 0.29) is 0 Å². The van der Waals surface area contributed by atoms with Crippen molar-refractivity contribution in [2.75, 3.05) is 24.6 Å². The third-order valence-corrected chi connectivity index (χ3v) is 2.90. The highest BCUT2D eigenvalue weighted by molar-refractivity contribution is 6.99. The zero-order chi connectivity index (χ0) is 10.7. The molecule has 84 valence electrons. The Balaban J connectivity index is 2.01. The Hall–Kier alpha value is -0.840. The average Bonchev–Trinajstić information content (AvgIpc) is 2.85. The molecular formula is C10H17N3OS. The smallest absolute Gasteiger partial charge is 0.270 e. The van der Waals surface area contributed by atoms with Crippen molar-refractivity contribution in [2.45, 2.75) is 26.7 Å². The first-order valence-corrected chi connectivity index (χ1v) is 6.20. The van der Waals surface area contributed by atoms with Crippen LogP contribution in [0, 0.1) is 5.92 Å². The summed E-state index contributed by atoms with van der Waals surface area (Å²) < 4.78 is 14.2. The second kappa shape index (κ2) is 4.79. The summed E-state index contributed by atoms with van der Waals surface area (Å²) in [5, 5.41) is 0. The van der Waals surface area contributed by atoms with E-state index in [9.17, 15) is 0 Å². The van der Waals surface area contributed by atoms with Crippen molar-refractivity contribution in [3.63, 3.8) is 0 Å². The van der Waals surface area contributed by atoms with Gasteiger partial charge in [0.2, 0.25) is 5.82 Å². The maximum atomic E-state index is 5.65. The molecule has 1 aromatic rings. The minimum atomic E-state index is 0.526. The van der Waals surface area contributed by atoms with Gasteiger partial charge in [-0.25, -0.2) is 0 Å². The molecule has 0 radical (unpaired) electrons. The second-order valence-corrected chi connectivity index (χ2v) is 4.82. The van der Waals surface area contributed by atoms with Crippen molar-refractivity contribution in [2.24, 2.45) is 5.92 Å². The van der Waals surface area contributed by atoms with Crippen LogP contribution < -0.4 is 9.64 Å². The van der Waals surface area contributed by atoms with Crippen LogP contribution in [-0.4, -0.2) is 28.4 Å². The molecule has 1 saturated heterocycles. The highest BCUT2D eigenvalue weighted by Gasteiger charge is 2.20. The summed E-state index contributed by atoms with van der Waals surface area (Å²) in [6, 6.07) is 0. The van der Waals surface area contributed by atoms with E-state index in [4.69, 9.17) is 4.74 Å². The van der Waals surface area contributed by atoms with E-state index in [1.165, 1.54) is 24.6 Å². The second-order valence-electron chi connectivity index (χ2n) is 4.29. The fourth-order valence-corrected chi connectivity index (χ4v) is 2.15. The molecule has 1 fully saturated rings. The van der Waals surface area contributed by atoms with Crippen molar-refractivity contribution >= 4 is 17.5 Å². The highest BCUT2D eigenvalue weighted by atomic mass is 32.1. The van der Waals surface area contributed by atoms with Gasteiger partial charge >= 0.3 is 0 Å². The van der Waals surface area contributed by atoms with Crippen molar-refractivity contribution in [1.82, 2.24) is 8.75 Å². The van der Waals surface area contributed by atoms with Crippen LogP contribution in [0.5, 0.6) is 5.88 Å². The van der Waals surface area contributed by atoms with Gasteiger partial charge < -0.3 is 9.64 Å². The molecule has 1 aliphatic rings. The summed E-state index contributed by atoms with van der Waals surface area (Å²) in [6.45, 7) is 7.16. The molecule has 0 atom stereocenters. The summed E-state index contributed by atoms with van der Waals surface area (Å²) in [5.41, 5.74) is 0. The first-order chi connectivity index (χ1) is 7.27. The van der Waals surface area contributed by atoms with Gasteiger partial charge in [0.1, 0.15) is 0 Å². The van der Waals surface area contributed by atoms with Gasteiger partial charge in [-0.1, -0.05) is 13.8 Å². The quantitative estimate of drug-likeness (QED) is 0.790. The zero-order valence-corrected chi connectivity index (χ0v) is 10.1. The largest absolute Gasteiger partial charge is 0.474 e. The maximum Gasteiger partial charge on any atom is 0.270 e. The number of nitrogens with zero attached hydrogens (tertiary/aromatic N) is 3. The van der Waals surface area contributed by atoms with Crippen LogP contribution in [0.3, 0.4) is 0 Å². The fourth-order valence-electron chi connectivity index (χ4n) is 1.63. The molecule has 0 unspecified atom stereocenters. The van der Waals surface area contributed by atoms with E-state index < -0.39 is 0 Å². The summed E-state index contributed by atoms with van der Waals surface area (Å²) in [4.78, 5) is 2.26. The van der Waals surface area contributed by atoms with E-state index in [2.05, 4.69) is 27.5 Å². The molecule has 0 saturated carbocycles. The number of aromatic nitrogens is 2. The Morgan fingerprint density at radius 1 is 1.33 bits per heavy atom. The fraction of sp³-hybridized carbons (Fsp3) is 0.800. The maximum absolute atomic E-state index is 5.65.